The molecule has 1 atom stereocenters. The van der Waals surface area contributed by atoms with Gasteiger partial charge in [-0.15, -0.1) is 0 Å². The normalized spacial score (nSPS) is 12.3. The summed E-state index contributed by atoms with van der Waals surface area (Å²) in [5, 5.41) is 9.38. The Labute approximate surface area is 109 Å². The summed E-state index contributed by atoms with van der Waals surface area (Å²) in [6, 6.07) is 7.65. The number of benzene rings is 1. The molecule has 1 aromatic rings. The Balaban J connectivity index is 2.87. The summed E-state index contributed by atoms with van der Waals surface area (Å²) in [5.41, 5.74) is 1.87. The quantitative estimate of drug-likeness (QED) is 0.717. The molecule has 0 radical (unpaired) electrons. The Morgan fingerprint density at radius 2 is 2.06 bits per heavy atom. The summed E-state index contributed by atoms with van der Waals surface area (Å²) in [4.78, 5) is 11.4. The van der Waals surface area contributed by atoms with Crippen LogP contribution in [0.4, 0.5) is 0 Å². The van der Waals surface area contributed by atoms with Gasteiger partial charge in [0.1, 0.15) is 0 Å². The van der Waals surface area contributed by atoms with Gasteiger partial charge in [-0.2, -0.15) is 0 Å². The van der Waals surface area contributed by atoms with Gasteiger partial charge in [-0.05, 0) is 17.5 Å². The van der Waals surface area contributed by atoms with Gasteiger partial charge >= 0.3 is 5.97 Å². The standard InChI is InChI=1S/C15H22O3/c1-3-4-5-10-14(15(16)17)13-9-7-6-8-12(13)11-18-2/h6-9,14H,3-5,10-11H2,1-2H3,(H,16,17). The lowest BCUT2D eigenvalue weighted by Crippen LogP contribution is -2.14. The van der Waals surface area contributed by atoms with E-state index in [0.717, 1.165) is 30.4 Å². The summed E-state index contributed by atoms with van der Waals surface area (Å²) in [7, 11) is 1.63. The summed E-state index contributed by atoms with van der Waals surface area (Å²) in [6.45, 7) is 2.59. The second kappa shape index (κ2) is 7.88. The van der Waals surface area contributed by atoms with Crippen LogP contribution in [0.5, 0.6) is 0 Å². The van der Waals surface area contributed by atoms with E-state index in [-0.39, 0.29) is 0 Å². The smallest absolute Gasteiger partial charge is 0.310 e. The summed E-state index contributed by atoms with van der Waals surface area (Å²) in [6.07, 6.45) is 3.83. The Morgan fingerprint density at radius 1 is 1.33 bits per heavy atom. The molecule has 1 N–H and O–H groups in total. The van der Waals surface area contributed by atoms with E-state index < -0.39 is 11.9 Å². The lowest BCUT2D eigenvalue weighted by Gasteiger charge is -2.16. The molecule has 3 nitrogen and oxygen atoms in total. The highest BCUT2D eigenvalue weighted by Crippen LogP contribution is 2.26. The van der Waals surface area contributed by atoms with Crippen LogP contribution in [-0.4, -0.2) is 18.2 Å². The van der Waals surface area contributed by atoms with E-state index in [9.17, 15) is 9.90 Å². The van der Waals surface area contributed by atoms with Gasteiger partial charge in [-0.25, -0.2) is 0 Å². The Hall–Kier alpha value is -1.35. The molecule has 18 heavy (non-hydrogen) atoms. The summed E-state index contributed by atoms with van der Waals surface area (Å²) >= 11 is 0. The van der Waals surface area contributed by atoms with E-state index in [0.29, 0.717) is 13.0 Å². The van der Waals surface area contributed by atoms with Gasteiger partial charge < -0.3 is 9.84 Å². The van der Waals surface area contributed by atoms with Crippen molar-refractivity contribution in [2.45, 2.75) is 45.1 Å². The highest BCUT2D eigenvalue weighted by molar-refractivity contribution is 5.76. The second-order valence-electron chi connectivity index (χ2n) is 4.52. The number of aliphatic carboxylic acids is 1. The molecule has 0 aliphatic carbocycles. The van der Waals surface area contributed by atoms with E-state index >= 15 is 0 Å². The van der Waals surface area contributed by atoms with Gasteiger partial charge in [0.2, 0.25) is 0 Å². The number of ether oxygens (including phenoxy) is 1. The molecule has 0 fully saturated rings. The molecule has 0 spiro atoms. The number of carboxylic acid groups (broad SMARTS) is 1. The molecule has 0 bridgehead atoms. The Morgan fingerprint density at radius 3 is 2.67 bits per heavy atom. The minimum Gasteiger partial charge on any atom is -0.481 e. The molecule has 0 heterocycles. The molecule has 0 saturated heterocycles. The summed E-state index contributed by atoms with van der Waals surface area (Å²) in [5.74, 6) is -1.16. The van der Waals surface area contributed by atoms with Crippen LogP contribution in [0.15, 0.2) is 24.3 Å². The third kappa shape index (κ3) is 4.15. The largest absolute Gasteiger partial charge is 0.481 e. The molecule has 1 aromatic carbocycles. The van der Waals surface area contributed by atoms with Crippen LogP contribution >= 0.6 is 0 Å². The molecule has 0 saturated carbocycles. The number of hydrogen-bond acceptors (Lipinski definition) is 2. The van der Waals surface area contributed by atoms with Crippen molar-refractivity contribution in [3.8, 4) is 0 Å². The van der Waals surface area contributed by atoms with Crippen molar-refractivity contribution in [3.63, 3.8) is 0 Å². The molecule has 0 aliphatic heterocycles. The van der Waals surface area contributed by atoms with Gasteiger partial charge in [-0.3, -0.25) is 4.79 Å². The van der Waals surface area contributed by atoms with Gasteiger partial charge in [0, 0.05) is 7.11 Å². The van der Waals surface area contributed by atoms with Crippen molar-refractivity contribution < 1.29 is 14.6 Å². The fourth-order valence-electron chi connectivity index (χ4n) is 2.17. The van der Waals surface area contributed by atoms with E-state index in [4.69, 9.17) is 4.74 Å². The van der Waals surface area contributed by atoms with Gasteiger partial charge in [-0.1, -0.05) is 50.5 Å². The zero-order chi connectivity index (χ0) is 13.4. The van der Waals surface area contributed by atoms with E-state index in [1.165, 1.54) is 0 Å². The predicted molar refractivity (Wildman–Crippen MR) is 71.7 cm³/mol. The minimum absolute atomic E-state index is 0.414. The fourth-order valence-corrected chi connectivity index (χ4v) is 2.17. The second-order valence-corrected chi connectivity index (χ2v) is 4.52. The van der Waals surface area contributed by atoms with Crippen molar-refractivity contribution in [1.82, 2.24) is 0 Å². The van der Waals surface area contributed by atoms with Gasteiger partial charge in [0.25, 0.3) is 0 Å². The SMILES string of the molecule is CCCCCC(C(=O)O)c1ccccc1COC. The first kappa shape index (κ1) is 14.7. The van der Waals surface area contributed by atoms with Crippen LogP contribution < -0.4 is 0 Å². The van der Waals surface area contributed by atoms with E-state index in [1.54, 1.807) is 7.11 Å². The van der Waals surface area contributed by atoms with Crippen molar-refractivity contribution in [1.29, 1.82) is 0 Å². The predicted octanol–water partition coefficient (Wildman–Crippen LogP) is 3.58. The number of unbranched alkanes of at least 4 members (excludes halogenated alkanes) is 2. The van der Waals surface area contributed by atoms with Crippen LogP contribution in [0.3, 0.4) is 0 Å². The molecular weight excluding hydrogens is 228 g/mol. The lowest BCUT2D eigenvalue weighted by molar-refractivity contribution is -0.139. The highest BCUT2D eigenvalue weighted by atomic mass is 16.5. The number of carboxylic acids is 1. The number of methoxy groups -OCH3 is 1. The van der Waals surface area contributed by atoms with Crippen molar-refractivity contribution in [3.05, 3.63) is 35.4 Å². The lowest BCUT2D eigenvalue weighted by atomic mass is 9.90. The molecule has 0 amide bonds. The number of carbonyl (C=O) groups is 1. The number of hydrogen-bond donors (Lipinski definition) is 1. The van der Waals surface area contributed by atoms with Crippen molar-refractivity contribution in [2.75, 3.05) is 7.11 Å². The molecule has 100 valence electrons. The number of rotatable bonds is 8. The first-order valence-corrected chi connectivity index (χ1v) is 6.50. The van der Waals surface area contributed by atoms with Crippen LogP contribution in [0.2, 0.25) is 0 Å². The molecule has 0 aromatic heterocycles. The van der Waals surface area contributed by atoms with Gasteiger partial charge in [0.15, 0.2) is 0 Å². The zero-order valence-corrected chi connectivity index (χ0v) is 11.2. The molecule has 3 heteroatoms. The maximum atomic E-state index is 11.4. The average Bonchev–Trinajstić information content (AvgIpc) is 2.36. The Kier molecular flexibility index (Phi) is 6.44. The fraction of sp³-hybridized carbons (Fsp3) is 0.533. The monoisotopic (exact) mass is 250 g/mol. The maximum absolute atomic E-state index is 11.4. The van der Waals surface area contributed by atoms with Crippen LogP contribution in [-0.2, 0) is 16.1 Å². The molecule has 1 unspecified atom stereocenters. The third-order valence-corrected chi connectivity index (χ3v) is 3.12. The first-order valence-electron chi connectivity index (χ1n) is 6.50. The maximum Gasteiger partial charge on any atom is 0.310 e. The van der Waals surface area contributed by atoms with Crippen LogP contribution in [0, 0.1) is 0 Å². The Bertz CT molecular complexity index is 374. The summed E-state index contributed by atoms with van der Waals surface area (Å²) < 4.78 is 5.13. The van der Waals surface area contributed by atoms with Crippen molar-refractivity contribution in [2.24, 2.45) is 0 Å². The molecular formula is C15H22O3. The van der Waals surface area contributed by atoms with Crippen LogP contribution in [0.25, 0.3) is 0 Å². The van der Waals surface area contributed by atoms with E-state index in [2.05, 4.69) is 6.92 Å². The van der Waals surface area contributed by atoms with E-state index in [1.807, 2.05) is 24.3 Å². The van der Waals surface area contributed by atoms with Crippen LogP contribution in [0.1, 0.15) is 49.7 Å². The average molecular weight is 250 g/mol. The third-order valence-electron chi connectivity index (χ3n) is 3.12. The molecule has 0 aliphatic rings. The highest BCUT2D eigenvalue weighted by Gasteiger charge is 2.21. The topological polar surface area (TPSA) is 46.5 Å². The first-order chi connectivity index (χ1) is 8.70. The van der Waals surface area contributed by atoms with Crippen molar-refractivity contribution >= 4 is 5.97 Å². The molecule has 1 rings (SSSR count). The zero-order valence-electron chi connectivity index (χ0n) is 11.2. The van der Waals surface area contributed by atoms with Gasteiger partial charge in [0.05, 0.1) is 12.5 Å². The minimum atomic E-state index is -0.741.